The molecular weight excluding hydrogens is 262 g/mol. The fraction of sp³-hybridized carbons (Fsp3) is 0.0769. The van der Waals surface area contributed by atoms with Crippen LogP contribution in [0, 0.1) is 0 Å². The van der Waals surface area contributed by atoms with Gasteiger partial charge < -0.3 is 0 Å². The number of imidazole rings is 1. The van der Waals surface area contributed by atoms with Crippen molar-refractivity contribution in [3.05, 3.63) is 49.2 Å². The minimum absolute atomic E-state index is 0.877. The smallest absolute Gasteiger partial charge is 0.213 e. The third kappa shape index (κ3) is 2.19. The molecule has 2 heterocycles. The van der Waals surface area contributed by atoms with E-state index in [2.05, 4.69) is 28.8 Å². The number of hydrogen-bond donors (Lipinski definition) is 0. The van der Waals surface area contributed by atoms with Crippen molar-refractivity contribution in [3.8, 4) is 11.3 Å². The van der Waals surface area contributed by atoms with Crippen LogP contribution in [0.1, 0.15) is 0 Å². The second-order valence-electron chi connectivity index (χ2n) is 3.69. The highest BCUT2D eigenvalue weighted by Crippen LogP contribution is 2.27. The summed E-state index contributed by atoms with van der Waals surface area (Å²) in [6.45, 7) is 3.70. The molecule has 0 aliphatic heterocycles. The van der Waals surface area contributed by atoms with Crippen LogP contribution >= 0.6 is 23.1 Å². The summed E-state index contributed by atoms with van der Waals surface area (Å²) in [5.41, 5.74) is 2.09. The van der Waals surface area contributed by atoms with Crippen molar-refractivity contribution in [2.75, 3.05) is 5.75 Å². The van der Waals surface area contributed by atoms with Crippen LogP contribution in [0.4, 0.5) is 0 Å². The zero-order valence-corrected chi connectivity index (χ0v) is 11.2. The summed E-state index contributed by atoms with van der Waals surface area (Å²) < 4.78 is 2.87. The molecule has 0 bridgehead atoms. The van der Waals surface area contributed by atoms with E-state index in [0.717, 1.165) is 26.3 Å². The van der Waals surface area contributed by atoms with Crippen molar-refractivity contribution in [2.45, 2.75) is 4.34 Å². The molecule has 0 spiro atoms. The van der Waals surface area contributed by atoms with E-state index in [4.69, 9.17) is 0 Å². The van der Waals surface area contributed by atoms with Crippen LogP contribution in [0.25, 0.3) is 16.2 Å². The van der Waals surface area contributed by atoms with Gasteiger partial charge in [0.2, 0.25) is 4.96 Å². The molecule has 0 aliphatic carbocycles. The second kappa shape index (κ2) is 4.96. The quantitative estimate of drug-likeness (QED) is 0.536. The van der Waals surface area contributed by atoms with E-state index < -0.39 is 0 Å². The molecule has 90 valence electrons. The Morgan fingerprint density at radius 1 is 1.33 bits per heavy atom. The van der Waals surface area contributed by atoms with Gasteiger partial charge in [0.15, 0.2) is 4.34 Å². The Labute approximate surface area is 113 Å². The van der Waals surface area contributed by atoms with Crippen molar-refractivity contribution < 1.29 is 0 Å². The Kier molecular flexibility index (Phi) is 3.17. The van der Waals surface area contributed by atoms with E-state index in [1.807, 2.05) is 35.0 Å². The van der Waals surface area contributed by atoms with Crippen molar-refractivity contribution in [1.29, 1.82) is 0 Å². The molecule has 18 heavy (non-hydrogen) atoms. The first-order valence-corrected chi connectivity index (χ1v) is 7.32. The van der Waals surface area contributed by atoms with Gasteiger partial charge in [0.1, 0.15) is 0 Å². The molecule has 0 saturated heterocycles. The van der Waals surface area contributed by atoms with Crippen molar-refractivity contribution in [3.63, 3.8) is 0 Å². The molecule has 0 saturated carbocycles. The molecule has 0 amide bonds. The standard InChI is InChI=1S/C13H11N3S2/c1-2-8-17-13-15-16-9-11(14-12(16)18-13)10-6-4-3-5-7-10/h2-7,9H,1,8H2. The van der Waals surface area contributed by atoms with Crippen LogP contribution in [0.15, 0.2) is 53.5 Å². The molecule has 0 N–H and O–H groups in total. The zero-order chi connectivity index (χ0) is 12.4. The summed E-state index contributed by atoms with van der Waals surface area (Å²) in [5.74, 6) is 0.877. The molecule has 3 nitrogen and oxygen atoms in total. The topological polar surface area (TPSA) is 30.2 Å². The summed E-state index contributed by atoms with van der Waals surface area (Å²) in [4.78, 5) is 5.52. The largest absolute Gasteiger partial charge is 0.217 e. The van der Waals surface area contributed by atoms with E-state index >= 15 is 0 Å². The Balaban J connectivity index is 1.93. The van der Waals surface area contributed by atoms with Crippen molar-refractivity contribution >= 4 is 28.1 Å². The molecule has 0 fully saturated rings. The van der Waals surface area contributed by atoms with Crippen LogP contribution in [0.5, 0.6) is 0 Å². The minimum Gasteiger partial charge on any atom is -0.217 e. The normalized spacial score (nSPS) is 10.9. The Bertz CT molecular complexity index is 638. The second-order valence-corrected chi connectivity index (χ2v) is 5.91. The van der Waals surface area contributed by atoms with Crippen LogP contribution < -0.4 is 0 Å². The molecule has 5 heteroatoms. The molecule has 0 aliphatic rings. The summed E-state index contributed by atoms with van der Waals surface area (Å²) in [6.07, 6.45) is 3.85. The van der Waals surface area contributed by atoms with E-state index in [1.54, 1.807) is 23.1 Å². The van der Waals surface area contributed by atoms with Gasteiger partial charge in [0.05, 0.1) is 11.9 Å². The van der Waals surface area contributed by atoms with Crippen LogP contribution in [-0.2, 0) is 0 Å². The highest BCUT2D eigenvalue weighted by atomic mass is 32.2. The van der Waals surface area contributed by atoms with Gasteiger partial charge >= 0.3 is 0 Å². The van der Waals surface area contributed by atoms with Crippen LogP contribution in [0.2, 0.25) is 0 Å². The Morgan fingerprint density at radius 2 is 2.17 bits per heavy atom. The summed E-state index contributed by atoms with van der Waals surface area (Å²) in [6, 6.07) is 10.1. The van der Waals surface area contributed by atoms with E-state index in [0.29, 0.717) is 0 Å². The van der Waals surface area contributed by atoms with Gasteiger partial charge in [-0.2, -0.15) is 0 Å². The van der Waals surface area contributed by atoms with Gasteiger partial charge in [-0.1, -0.05) is 59.5 Å². The lowest BCUT2D eigenvalue weighted by atomic mass is 10.2. The van der Waals surface area contributed by atoms with Gasteiger partial charge in [0, 0.05) is 11.3 Å². The monoisotopic (exact) mass is 273 g/mol. The fourth-order valence-electron chi connectivity index (χ4n) is 1.62. The SMILES string of the molecule is C=CCSc1nn2cc(-c3ccccc3)nc2s1. The first kappa shape index (κ1) is 11.5. The molecule has 2 aromatic heterocycles. The summed E-state index contributed by atoms with van der Waals surface area (Å²) >= 11 is 3.29. The number of aromatic nitrogens is 3. The third-order valence-corrected chi connectivity index (χ3v) is 4.47. The van der Waals surface area contributed by atoms with E-state index in [-0.39, 0.29) is 0 Å². The van der Waals surface area contributed by atoms with E-state index in [9.17, 15) is 0 Å². The molecular formula is C13H11N3S2. The number of hydrogen-bond acceptors (Lipinski definition) is 4. The number of benzene rings is 1. The van der Waals surface area contributed by atoms with Gasteiger partial charge in [-0.15, -0.1) is 11.7 Å². The van der Waals surface area contributed by atoms with Crippen LogP contribution in [0.3, 0.4) is 0 Å². The molecule has 3 rings (SSSR count). The lowest BCUT2D eigenvalue weighted by Crippen LogP contribution is -1.81. The lowest BCUT2D eigenvalue weighted by Gasteiger charge is -1.93. The van der Waals surface area contributed by atoms with Gasteiger partial charge in [-0.05, 0) is 0 Å². The first-order chi connectivity index (χ1) is 8.86. The number of nitrogens with zero attached hydrogens (tertiary/aromatic N) is 3. The first-order valence-electron chi connectivity index (χ1n) is 5.52. The Morgan fingerprint density at radius 3 is 2.89 bits per heavy atom. The molecule has 0 radical (unpaired) electrons. The summed E-state index contributed by atoms with van der Waals surface area (Å²) in [7, 11) is 0. The molecule has 0 atom stereocenters. The van der Waals surface area contributed by atoms with Gasteiger partial charge in [-0.3, -0.25) is 0 Å². The number of rotatable bonds is 4. The molecule has 0 unspecified atom stereocenters. The van der Waals surface area contributed by atoms with Gasteiger partial charge in [0.25, 0.3) is 0 Å². The number of thioether (sulfide) groups is 1. The number of fused-ring (bicyclic) bond motifs is 1. The molecule has 1 aromatic carbocycles. The molecule has 3 aromatic rings. The lowest BCUT2D eigenvalue weighted by molar-refractivity contribution is 0.916. The average molecular weight is 273 g/mol. The predicted molar refractivity (Wildman–Crippen MR) is 77.2 cm³/mol. The zero-order valence-electron chi connectivity index (χ0n) is 9.61. The average Bonchev–Trinajstić information content (AvgIpc) is 2.95. The minimum atomic E-state index is 0.877. The third-order valence-electron chi connectivity index (χ3n) is 2.42. The maximum atomic E-state index is 4.59. The maximum absolute atomic E-state index is 4.59. The maximum Gasteiger partial charge on any atom is 0.213 e. The highest BCUT2D eigenvalue weighted by Gasteiger charge is 2.09. The van der Waals surface area contributed by atoms with Crippen molar-refractivity contribution in [1.82, 2.24) is 14.6 Å². The van der Waals surface area contributed by atoms with Crippen molar-refractivity contribution in [2.24, 2.45) is 0 Å². The predicted octanol–water partition coefficient (Wildman–Crippen LogP) is 3.74. The Hall–Kier alpha value is -1.59. The van der Waals surface area contributed by atoms with Gasteiger partial charge in [-0.25, -0.2) is 9.50 Å². The van der Waals surface area contributed by atoms with Crippen LogP contribution in [-0.4, -0.2) is 20.4 Å². The summed E-state index contributed by atoms with van der Waals surface area (Å²) in [5, 5.41) is 4.48. The van der Waals surface area contributed by atoms with E-state index in [1.165, 1.54) is 0 Å². The highest BCUT2D eigenvalue weighted by molar-refractivity contribution is 8.01. The fourth-order valence-corrected chi connectivity index (χ4v) is 3.30.